The summed E-state index contributed by atoms with van der Waals surface area (Å²) in [7, 11) is -3.50. The van der Waals surface area contributed by atoms with Crippen molar-refractivity contribution in [3.8, 4) is 0 Å². The topological polar surface area (TPSA) is 62.3 Å². The molecule has 0 aliphatic carbocycles. The van der Waals surface area contributed by atoms with Gasteiger partial charge in [-0.15, -0.1) is 12.4 Å². The van der Waals surface area contributed by atoms with Gasteiger partial charge in [-0.1, -0.05) is 12.1 Å². The lowest BCUT2D eigenvalue weighted by atomic mass is 10.2. The largest absolute Gasteiger partial charge is 0.315 e. The van der Waals surface area contributed by atoms with Crippen molar-refractivity contribution >= 4 is 33.2 Å². The van der Waals surface area contributed by atoms with Gasteiger partial charge < -0.3 is 5.32 Å². The lowest BCUT2D eigenvalue weighted by Gasteiger charge is -2.26. The summed E-state index contributed by atoms with van der Waals surface area (Å²) in [5, 5.41) is 4.85. The number of hydrogen-bond acceptors (Lipinski definition) is 4. The molecule has 1 aliphatic heterocycles. The third-order valence-corrected chi connectivity index (χ3v) is 5.96. The van der Waals surface area contributed by atoms with E-state index in [2.05, 4.69) is 10.3 Å². The second-order valence-corrected chi connectivity index (χ2v) is 7.23. The first-order chi connectivity index (χ1) is 10.1. The molecule has 1 saturated heterocycles. The van der Waals surface area contributed by atoms with Crippen LogP contribution in [-0.4, -0.2) is 43.4 Å². The van der Waals surface area contributed by atoms with Gasteiger partial charge in [0.1, 0.15) is 0 Å². The Balaban J connectivity index is 0.00000176. The van der Waals surface area contributed by atoms with Gasteiger partial charge in [0, 0.05) is 42.3 Å². The van der Waals surface area contributed by atoms with E-state index in [1.165, 1.54) is 0 Å². The Bertz CT molecular complexity index is 746. The number of hydrogen-bond donors (Lipinski definition) is 1. The molecule has 0 bridgehead atoms. The van der Waals surface area contributed by atoms with Crippen LogP contribution in [0, 0.1) is 0 Å². The molecular formula is C15H20ClN3O2S. The maximum Gasteiger partial charge on any atom is 0.243 e. The highest BCUT2D eigenvalue weighted by Crippen LogP contribution is 2.26. The normalized spacial score (nSPS) is 20.3. The average molecular weight is 342 g/mol. The summed E-state index contributed by atoms with van der Waals surface area (Å²) in [4.78, 5) is 4.43. The van der Waals surface area contributed by atoms with E-state index in [1.807, 2.05) is 13.0 Å². The zero-order valence-corrected chi connectivity index (χ0v) is 14.0. The summed E-state index contributed by atoms with van der Waals surface area (Å²) in [6.07, 6.45) is 4.16. The van der Waals surface area contributed by atoms with Crippen LogP contribution in [0.25, 0.3) is 10.8 Å². The lowest BCUT2D eigenvalue weighted by molar-refractivity contribution is 0.354. The highest BCUT2D eigenvalue weighted by molar-refractivity contribution is 7.89. The van der Waals surface area contributed by atoms with Crippen molar-refractivity contribution in [2.45, 2.75) is 24.3 Å². The third-order valence-electron chi connectivity index (χ3n) is 3.89. The fourth-order valence-electron chi connectivity index (χ4n) is 2.79. The highest BCUT2D eigenvalue weighted by atomic mass is 35.5. The molecule has 0 saturated carbocycles. The van der Waals surface area contributed by atoms with Gasteiger partial charge in [-0.3, -0.25) is 4.98 Å². The summed E-state index contributed by atoms with van der Waals surface area (Å²) in [6.45, 7) is 4.04. The van der Waals surface area contributed by atoms with Crippen LogP contribution >= 0.6 is 12.4 Å². The molecular weight excluding hydrogens is 322 g/mol. The number of benzene rings is 1. The van der Waals surface area contributed by atoms with Gasteiger partial charge in [0.2, 0.25) is 10.0 Å². The van der Waals surface area contributed by atoms with Gasteiger partial charge in [0.05, 0.1) is 4.90 Å². The van der Waals surface area contributed by atoms with Crippen LogP contribution in [0.1, 0.15) is 13.3 Å². The number of fused-ring (bicyclic) bond motifs is 1. The zero-order chi connectivity index (χ0) is 14.9. The van der Waals surface area contributed by atoms with E-state index in [9.17, 15) is 8.42 Å². The molecule has 7 heteroatoms. The lowest BCUT2D eigenvalue weighted by Crippen LogP contribution is -2.41. The second kappa shape index (κ2) is 6.91. The van der Waals surface area contributed by atoms with Gasteiger partial charge in [-0.25, -0.2) is 8.42 Å². The fourth-order valence-corrected chi connectivity index (χ4v) is 4.68. The van der Waals surface area contributed by atoms with Gasteiger partial charge in [0.25, 0.3) is 0 Å². The Morgan fingerprint density at radius 1 is 1.32 bits per heavy atom. The van der Waals surface area contributed by atoms with Gasteiger partial charge in [-0.2, -0.15) is 4.31 Å². The Kier molecular flexibility index (Phi) is 5.39. The molecule has 1 N–H and O–H groups in total. The Morgan fingerprint density at radius 2 is 2.14 bits per heavy atom. The first-order valence-electron chi connectivity index (χ1n) is 7.16. The molecule has 3 rings (SSSR count). The molecule has 22 heavy (non-hydrogen) atoms. The van der Waals surface area contributed by atoms with E-state index in [0.717, 1.165) is 23.7 Å². The molecule has 120 valence electrons. The van der Waals surface area contributed by atoms with Crippen LogP contribution in [0.15, 0.2) is 41.6 Å². The average Bonchev–Trinajstić information content (AvgIpc) is 2.71. The van der Waals surface area contributed by atoms with Crippen LogP contribution in [0.2, 0.25) is 0 Å². The minimum atomic E-state index is -3.50. The van der Waals surface area contributed by atoms with Gasteiger partial charge >= 0.3 is 0 Å². The van der Waals surface area contributed by atoms with E-state index in [0.29, 0.717) is 18.0 Å². The SMILES string of the molecule is CC1CNCCCN1S(=O)(=O)c1cccc2cnccc12.Cl. The van der Waals surface area contributed by atoms with Crippen LogP contribution in [0.4, 0.5) is 0 Å². The first kappa shape index (κ1) is 17.1. The van der Waals surface area contributed by atoms with Crippen molar-refractivity contribution < 1.29 is 8.42 Å². The van der Waals surface area contributed by atoms with Gasteiger partial charge in [-0.05, 0) is 32.0 Å². The molecule has 1 aromatic carbocycles. The molecule has 1 atom stereocenters. The van der Waals surface area contributed by atoms with Crippen molar-refractivity contribution in [2.24, 2.45) is 0 Å². The number of nitrogens with one attached hydrogen (secondary N) is 1. The molecule has 0 spiro atoms. The van der Waals surface area contributed by atoms with Crippen molar-refractivity contribution in [3.05, 3.63) is 36.7 Å². The molecule has 2 heterocycles. The molecule has 1 fully saturated rings. The van der Waals surface area contributed by atoms with Crippen LogP contribution < -0.4 is 5.32 Å². The number of sulfonamides is 1. The van der Waals surface area contributed by atoms with E-state index >= 15 is 0 Å². The Labute approximate surface area is 137 Å². The molecule has 1 unspecified atom stereocenters. The van der Waals surface area contributed by atoms with Crippen LogP contribution in [0.5, 0.6) is 0 Å². The monoisotopic (exact) mass is 341 g/mol. The highest BCUT2D eigenvalue weighted by Gasteiger charge is 2.30. The predicted octanol–water partition coefficient (Wildman–Crippen LogP) is 2.03. The molecule has 2 aromatic rings. The van der Waals surface area contributed by atoms with Crippen molar-refractivity contribution in [3.63, 3.8) is 0 Å². The summed E-state index contributed by atoms with van der Waals surface area (Å²) in [5.41, 5.74) is 0. The van der Waals surface area contributed by atoms with Crippen LogP contribution in [0.3, 0.4) is 0 Å². The van der Waals surface area contributed by atoms with Crippen molar-refractivity contribution in [2.75, 3.05) is 19.6 Å². The number of nitrogens with zero attached hydrogens (tertiary/aromatic N) is 2. The zero-order valence-electron chi connectivity index (χ0n) is 12.4. The maximum atomic E-state index is 13.0. The number of pyridine rings is 1. The molecule has 1 aromatic heterocycles. The van der Waals surface area contributed by atoms with Crippen LogP contribution in [-0.2, 0) is 10.0 Å². The summed E-state index contributed by atoms with van der Waals surface area (Å²) in [5.74, 6) is 0. The maximum absolute atomic E-state index is 13.0. The molecule has 0 amide bonds. The van der Waals surface area contributed by atoms with Crippen molar-refractivity contribution in [1.82, 2.24) is 14.6 Å². The quantitative estimate of drug-likeness (QED) is 0.908. The number of halogens is 1. The Hall–Kier alpha value is -1.21. The molecule has 5 nitrogen and oxygen atoms in total. The van der Waals surface area contributed by atoms with E-state index in [-0.39, 0.29) is 18.4 Å². The van der Waals surface area contributed by atoms with E-state index in [1.54, 1.807) is 34.9 Å². The summed E-state index contributed by atoms with van der Waals surface area (Å²) in [6, 6.07) is 7.06. The molecule has 1 aliphatic rings. The smallest absolute Gasteiger partial charge is 0.243 e. The minimum absolute atomic E-state index is 0. The number of rotatable bonds is 2. The third kappa shape index (κ3) is 3.10. The summed E-state index contributed by atoms with van der Waals surface area (Å²) >= 11 is 0. The fraction of sp³-hybridized carbons (Fsp3) is 0.400. The van der Waals surface area contributed by atoms with Crippen molar-refractivity contribution in [1.29, 1.82) is 0 Å². The van der Waals surface area contributed by atoms with Gasteiger partial charge in [0.15, 0.2) is 0 Å². The molecule has 0 radical (unpaired) electrons. The van der Waals surface area contributed by atoms with E-state index < -0.39 is 10.0 Å². The summed E-state index contributed by atoms with van der Waals surface area (Å²) < 4.78 is 27.7. The standard InChI is InChI=1S/C15H19N3O2S.ClH/c1-12-10-16-7-3-9-18(12)21(19,20)15-5-2-4-13-11-17-8-6-14(13)15;/h2,4-6,8,11-12,16H,3,7,9-10H2,1H3;1H. The first-order valence-corrected chi connectivity index (χ1v) is 8.60. The minimum Gasteiger partial charge on any atom is -0.315 e. The Morgan fingerprint density at radius 3 is 2.95 bits per heavy atom. The second-order valence-electron chi connectivity index (χ2n) is 5.38. The number of aromatic nitrogens is 1. The predicted molar refractivity (Wildman–Crippen MR) is 89.8 cm³/mol. The van der Waals surface area contributed by atoms with E-state index in [4.69, 9.17) is 0 Å².